The maximum absolute atomic E-state index is 12.6. The molecule has 0 spiro atoms. The van der Waals surface area contributed by atoms with Crippen LogP contribution in [0.3, 0.4) is 0 Å². The van der Waals surface area contributed by atoms with Crippen LogP contribution in [0.15, 0.2) is 66.7 Å². The molecule has 0 unspecified atom stereocenters. The minimum Gasteiger partial charge on any atom is -0.497 e. The first kappa shape index (κ1) is 21.8. The van der Waals surface area contributed by atoms with E-state index in [1.807, 2.05) is 59.5 Å². The SMILES string of the molecule is COc1cccc(-c2ccc(N3CCCN(C(=O)CNCc4ccccc4)CC3)nn2)c1. The molecule has 0 bridgehead atoms. The van der Waals surface area contributed by atoms with Crippen LogP contribution in [0.2, 0.25) is 0 Å². The van der Waals surface area contributed by atoms with Crippen LogP contribution >= 0.6 is 0 Å². The van der Waals surface area contributed by atoms with Gasteiger partial charge >= 0.3 is 0 Å². The first-order chi connectivity index (χ1) is 15.7. The van der Waals surface area contributed by atoms with Crippen molar-refractivity contribution in [1.29, 1.82) is 0 Å². The van der Waals surface area contributed by atoms with E-state index >= 15 is 0 Å². The van der Waals surface area contributed by atoms with E-state index < -0.39 is 0 Å². The molecule has 4 rings (SSSR count). The summed E-state index contributed by atoms with van der Waals surface area (Å²) in [4.78, 5) is 16.8. The van der Waals surface area contributed by atoms with Crippen molar-refractivity contribution in [2.45, 2.75) is 13.0 Å². The van der Waals surface area contributed by atoms with Crippen LogP contribution in [0.5, 0.6) is 5.75 Å². The average molecular weight is 432 g/mol. The lowest BCUT2D eigenvalue weighted by Crippen LogP contribution is -2.40. The summed E-state index contributed by atoms with van der Waals surface area (Å²) in [7, 11) is 1.65. The smallest absolute Gasteiger partial charge is 0.236 e. The van der Waals surface area contributed by atoms with Gasteiger partial charge in [0.15, 0.2) is 5.82 Å². The summed E-state index contributed by atoms with van der Waals surface area (Å²) >= 11 is 0. The van der Waals surface area contributed by atoms with Crippen LogP contribution in [0.25, 0.3) is 11.3 Å². The third-order valence-corrected chi connectivity index (χ3v) is 5.64. The second-order valence-electron chi connectivity index (χ2n) is 7.82. The van der Waals surface area contributed by atoms with Gasteiger partial charge in [0.05, 0.1) is 19.3 Å². The Hall–Kier alpha value is -3.45. The van der Waals surface area contributed by atoms with Gasteiger partial charge in [-0.05, 0) is 36.2 Å². The normalized spacial score (nSPS) is 14.2. The predicted molar refractivity (Wildman–Crippen MR) is 126 cm³/mol. The number of nitrogens with zero attached hydrogens (tertiary/aromatic N) is 4. The van der Waals surface area contributed by atoms with Gasteiger partial charge in [-0.25, -0.2) is 0 Å². The molecule has 0 atom stereocenters. The van der Waals surface area contributed by atoms with Crippen LogP contribution < -0.4 is 15.0 Å². The van der Waals surface area contributed by atoms with Crippen molar-refractivity contribution in [3.05, 3.63) is 72.3 Å². The summed E-state index contributed by atoms with van der Waals surface area (Å²) in [6, 6.07) is 21.9. The highest BCUT2D eigenvalue weighted by Crippen LogP contribution is 2.23. The van der Waals surface area contributed by atoms with Gasteiger partial charge in [-0.1, -0.05) is 42.5 Å². The van der Waals surface area contributed by atoms with E-state index in [-0.39, 0.29) is 5.91 Å². The summed E-state index contributed by atoms with van der Waals surface area (Å²) in [6.07, 6.45) is 0.906. The number of nitrogens with one attached hydrogen (secondary N) is 1. The van der Waals surface area contributed by atoms with Crippen LogP contribution in [0, 0.1) is 0 Å². The van der Waals surface area contributed by atoms with Gasteiger partial charge < -0.3 is 19.9 Å². The highest BCUT2D eigenvalue weighted by Gasteiger charge is 2.20. The number of carbonyl (C=O) groups is 1. The number of hydrogen-bond donors (Lipinski definition) is 1. The number of anilines is 1. The minimum atomic E-state index is 0.141. The van der Waals surface area contributed by atoms with Gasteiger partial charge in [0, 0.05) is 38.3 Å². The van der Waals surface area contributed by atoms with E-state index in [1.165, 1.54) is 5.56 Å². The lowest BCUT2D eigenvalue weighted by Gasteiger charge is -2.22. The Morgan fingerprint density at radius 2 is 1.84 bits per heavy atom. The maximum atomic E-state index is 12.6. The number of hydrogen-bond acceptors (Lipinski definition) is 6. The van der Waals surface area contributed by atoms with Gasteiger partial charge in [-0.3, -0.25) is 4.79 Å². The van der Waals surface area contributed by atoms with E-state index in [0.717, 1.165) is 48.9 Å². The van der Waals surface area contributed by atoms with Crippen molar-refractivity contribution in [3.8, 4) is 17.0 Å². The number of ether oxygens (including phenoxy) is 1. The third kappa shape index (κ3) is 5.62. The lowest BCUT2D eigenvalue weighted by molar-refractivity contribution is -0.130. The number of carbonyl (C=O) groups excluding carboxylic acids is 1. The highest BCUT2D eigenvalue weighted by atomic mass is 16.5. The van der Waals surface area contributed by atoms with Gasteiger partial charge in [0.2, 0.25) is 5.91 Å². The van der Waals surface area contributed by atoms with Crippen LogP contribution in [-0.2, 0) is 11.3 Å². The Kier molecular flexibility index (Phi) is 7.30. The van der Waals surface area contributed by atoms with Gasteiger partial charge in [-0.15, -0.1) is 10.2 Å². The Bertz CT molecular complexity index is 1010. The van der Waals surface area contributed by atoms with E-state index in [9.17, 15) is 4.79 Å². The monoisotopic (exact) mass is 431 g/mol. The molecule has 1 N–H and O–H groups in total. The molecule has 1 fully saturated rings. The molecule has 2 aromatic carbocycles. The molecule has 7 heteroatoms. The Morgan fingerprint density at radius 1 is 0.969 bits per heavy atom. The fraction of sp³-hybridized carbons (Fsp3) is 0.320. The van der Waals surface area contributed by atoms with Gasteiger partial charge in [-0.2, -0.15) is 0 Å². The summed E-state index contributed by atoms with van der Waals surface area (Å²) in [5.74, 6) is 1.78. The zero-order chi connectivity index (χ0) is 22.2. The predicted octanol–water partition coefficient (Wildman–Crippen LogP) is 2.98. The fourth-order valence-corrected chi connectivity index (χ4v) is 3.85. The summed E-state index contributed by atoms with van der Waals surface area (Å²) in [6.45, 7) is 4.10. The molecule has 1 saturated heterocycles. The zero-order valence-corrected chi connectivity index (χ0v) is 18.4. The molecule has 0 aliphatic carbocycles. The molecule has 1 aliphatic heterocycles. The van der Waals surface area contributed by atoms with Crippen molar-refractivity contribution in [2.75, 3.05) is 44.7 Å². The number of benzene rings is 2. The average Bonchev–Trinajstić information content (AvgIpc) is 3.11. The van der Waals surface area contributed by atoms with E-state index in [1.54, 1.807) is 7.11 Å². The first-order valence-corrected chi connectivity index (χ1v) is 11.0. The zero-order valence-electron chi connectivity index (χ0n) is 18.4. The van der Waals surface area contributed by atoms with Gasteiger partial charge in [0.1, 0.15) is 5.75 Å². The summed E-state index contributed by atoms with van der Waals surface area (Å²) in [5, 5.41) is 12.1. The Balaban J connectivity index is 1.30. The molecule has 1 aliphatic rings. The van der Waals surface area contributed by atoms with Gasteiger partial charge in [0.25, 0.3) is 0 Å². The van der Waals surface area contributed by atoms with Crippen molar-refractivity contribution in [1.82, 2.24) is 20.4 Å². The van der Waals surface area contributed by atoms with Crippen molar-refractivity contribution < 1.29 is 9.53 Å². The Labute approximate surface area is 189 Å². The molecule has 7 nitrogen and oxygen atoms in total. The van der Waals surface area contributed by atoms with E-state index in [0.29, 0.717) is 19.6 Å². The largest absolute Gasteiger partial charge is 0.497 e. The third-order valence-electron chi connectivity index (χ3n) is 5.64. The molecular weight excluding hydrogens is 402 g/mol. The molecule has 0 saturated carbocycles. The topological polar surface area (TPSA) is 70.6 Å². The molecule has 1 amide bonds. The lowest BCUT2D eigenvalue weighted by atomic mass is 10.1. The van der Waals surface area contributed by atoms with Crippen LogP contribution in [0.4, 0.5) is 5.82 Å². The van der Waals surface area contributed by atoms with E-state index in [2.05, 4.69) is 32.5 Å². The minimum absolute atomic E-state index is 0.141. The second kappa shape index (κ2) is 10.7. The molecule has 0 radical (unpaired) electrons. The maximum Gasteiger partial charge on any atom is 0.236 e. The molecular formula is C25H29N5O2. The molecule has 32 heavy (non-hydrogen) atoms. The standard InChI is InChI=1S/C25H29N5O2/c1-32-22-10-5-9-21(17-22)23-11-12-24(28-27-23)29-13-6-14-30(16-15-29)25(31)19-26-18-20-7-3-2-4-8-20/h2-5,7-12,17,26H,6,13-16,18-19H2,1H3. The number of aromatic nitrogens is 2. The number of methoxy groups -OCH3 is 1. The molecule has 2 heterocycles. The van der Waals surface area contributed by atoms with Crippen molar-refractivity contribution in [3.63, 3.8) is 0 Å². The van der Waals surface area contributed by atoms with E-state index in [4.69, 9.17) is 4.74 Å². The number of rotatable bonds is 7. The summed E-state index contributed by atoms with van der Waals surface area (Å²) in [5.41, 5.74) is 2.96. The van der Waals surface area contributed by atoms with Crippen molar-refractivity contribution >= 4 is 11.7 Å². The quantitative estimate of drug-likeness (QED) is 0.620. The summed E-state index contributed by atoms with van der Waals surface area (Å²) < 4.78 is 5.29. The fourth-order valence-electron chi connectivity index (χ4n) is 3.85. The van der Waals surface area contributed by atoms with Crippen LogP contribution in [-0.4, -0.2) is 60.8 Å². The molecule has 166 valence electrons. The Morgan fingerprint density at radius 3 is 2.62 bits per heavy atom. The second-order valence-corrected chi connectivity index (χ2v) is 7.82. The first-order valence-electron chi connectivity index (χ1n) is 11.0. The molecule has 3 aromatic rings. The van der Waals surface area contributed by atoms with Crippen LogP contribution in [0.1, 0.15) is 12.0 Å². The highest BCUT2D eigenvalue weighted by molar-refractivity contribution is 5.78. The molecule has 1 aromatic heterocycles. The van der Waals surface area contributed by atoms with Crippen molar-refractivity contribution in [2.24, 2.45) is 0 Å². The number of amides is 1.